The number of nitrogens with one attached hydrogen (secondary N) is 1. The Kier molecular flexibility index (Phi) is 5.49. The summed E-state index contributed by atoms with van der Waals surface area (Å²) in [6.45, 7) is 3.79. The van der Waals surface area contributed by atoms with Crippen molar-refractivity contribution in [3.8, 4) is 5.75 Å². The van der Waals surface area contributed by atoms with Gasteiger partial charge < -0.3 is 10.1 Å². The lowest BCUT2D eigenvalue weighted by molar-refractivity contribution is 0.0914. The smallest absolute Gasteiger partial charge is 0.259 e. The van der Waals surface area contributed by atoms with E-state index in [0.29, 0.717) is 22.6 Å². The van der Waals surface area contributed by atoms with Gasteiger partial charge in [0.25, 0.3) is 5.91 Å². The van der Waals surface area contributed by atoms with E-state index in [4.69, 9.17) is 4.74 Å². The molecule has 4 nitrogen and oxygen atoms in total. The predicted molar refractivity (Wildman–Crippen MR) is 104 cm³/mol. The number of hydrogen-bond donors (Lipinski definition) is 1. The Bertz CT molecular complexity index is 931. The molecule has 1 N–H and O–H groups in total. The SMILES string of the molecule is Cc1cc(C(=O)COc2ccccc2C(=O)Nc2ccccc2)c(C)s1. The Morgan fingerprint density at radius 1 is 0.962 bits per heavy atom. The average Bonchev–Trinajstić information content (AvgIpc) is 2.99. The summed E-state index contributed by atoms with van der Waals surface area (Å²) in [6.07, 6.45) is 0. The molecule has 0 fully saturated rings. The number of carbonyl (C=O) groups is 2. The second kappa shape index (κ2) is 7.97. The van der Waals surface area contributed by atoms with Crippen LogP contribution < -0.4 is 10.1 Å². The van der Waals surface area contributed by atoms with Gasteiger partial charge in [0.05, 0.1) is 5.56 Å². The number of amides is 1. The standard InChI is InChI=1S/C21H19NO3S/c1-14-12-18(15(2)26-14)19(23)13-25-20-11-7-6-10-17(20)21(24)22-16-8-4-3-5-9-16/h3-12H,13H2,1-2H3,(H,22,24). The van der Waals surface area contributed by atoms with E-state index >= 15 is 0 Å². The molecule has 1 amide bonds. The van der Waals surface area contributed by atoms with Crippen molar-refractivity contribution in [2.75, 3.05) is 11.9 Å². The number of anilines is 1. The van der Waals surface area contributed by atoms with Crippen molar-refractivity contribution >= 4 is 28.7 Å². The average molecular weight is 365 g/mol. The summed E-state index contributed by atoms with van der Waals surface area (Å²) < 4.78 is 5.67. The minimum Gasteiger partial charge on any atom is -0.485 e. The number of Topliss-reactive ketones (excluding diaryl/α,β-unsaturated/α-hetero) is 1. The van der Waals surface area contributed by atoms with Crippen LogP contribution in [0.2, 0.25) is 0 Å². The Morgan fingerprint density at radius 2 is 1.65 bits per heavy atom. The first-order chi connectivity index (χ1) is 12.5. The second-order valence-corrected chi connectivity index (χ2v) is 7.32. The summed E-state index contributed by atoms with van der Waals surface area (Å²) in [5.41, 5.74) is 1.77. The Balaban J connectivity index is 1.72. The van der Waals surface area contributed by atoms with Gasteiger partial charge in [0.1, 0.15) is 5.75 Å². The molecule has 3 aromatic rings. The molecule has 0 radical (unpaired) electrons. The van der Waals surface area contributed by atoms with Crippen LogP contribution in [0.3, 0.4) is 0 Å². The molecule has 0 unspecified atom stereocenters. The van der Waals surface area contributed by atoms with E-state index in [-0.39, 0.29) is 18.3 Å². The summed E-state index contributed by atoms with van der Waals surface area (Å²) >= 11 is 1.59. The molecule has 3 rings (SSSR count). The van der Waals surface area contributed by atoms with Crippen LogP contribution >= 0.6 is 11.3 Å². The summed E-state index contributed by atoms with van der Waals surface area (Å²) in [5.74, 6) is 0.0193. The van der Waals surface area contributed by atoms with Crippen LogP contribution in [0.25, 0.3) is 0 Å². The van der Waals surface area contributed by atoms with Crippen molar-refractivity contribution in [3.63, 3.8) is 0 Å². The maximum atomic E-state index is 12.5. The summed E-state index contributed by atoms with van der Waals surface area (Å²) in [6, 6.07) is 18.0. The quantitative estimate of drug-likeness (QED) is 0.634. The minimum atomic E-state index is -0.276. The van der Waals surface area contributed by atoms with Gasteiger partial charge in [0.2, 0.25) is 5.78 Å². The Hall–Kier alpha value is -2.92. The number of para-hydroxylation sites is 2. The zero-order valence-corrected chi connectivity index (χ0v) is 15.4. The molecule has 0 aliphatic heterocycles. The van der Waals surface area contributed by atoms with Gasteiger partial charge in [-0.3, -0.25) is 9.59 Å². The van der Waals surface area contributed by atoms with Crippen LogP contribution in [0.5, 0.6) is 5.75 Å². The largest absolute Gasteiger partial charge is 0.485 e. The molecular formula is C21H19NO3S. The monoisotopic (exact) mass is 365 g/mol. The zero-order valence-electron chi connectivity index (χ0n) is 14.6. The van der Waals surface area contributed by atoms with E-state index in [0.717, 1.165) is 9.75 Å². The first-order valence-electron chi connectivity index (χ1n) is 8.23. The minimum absolute atomic E-state index is 0.0925. The van der Waals surface area contributed by atoms with Crippen LogP contribution in [-0.4, -0.2) is 18.3 Å². The Labute approximate surface area is 156 Å². The van der Waals surface area contributed by atoms with E-state index < -0.39 is 0 Å². The van der Waals surface area contributed by atoms with E-state index in [1.54, 1.807) is 35.6 Å². The molecule has 0 saturated heterocycles. The summed E-state index contributed by atoms with van der Waals surface area (Å²) in [5, 5.41) is 2.83. The Morgan fingerprint density at radius 3 is 2.35 bits per heavy atom. The van der Waals surface area contributed by atoms with Gasteiger partial charge in [-0.15, -0.1) is 11.3 Å². The van der Waals surface area contributed by atoms with E-state index in [9.17, 15) is 9.59 Å². The van der Waals surface area contributed by atoms with Crippen molar-refractivity contribution < 1.29 is 14.3 Å². The number of rotatable bonds is 6. The highest BCUT2D eigenvalue weighted by atomic mass is 32.1. The van der Waals surface area contributed by atoms with Crippen LogP contribution in [0, 0.1) is 13.8 Å². The molecule has 2 aromatic carbocycles. The lowest BCUT2D eigenvalue weighted by Gasteiger charge is -2.11. The number of ether oxygens (including phenoxy) is 1. The molecule has 1 heterocycles. The third-order valence-corrected chi connectivity index (χ3v) is 4.83. The first-order valence-corrected chi connectivity index (χ1v) is 9.04. The van der Waals surface area contributed by atoms with Crippen LogP contribution in [0.15, 0.2) is 60.7 Å². The molecule has 0 atom stereocenters. The third kappa shape index (κ3) is 4.18. The molecule has 132 valence electrons. The van der Waals surface area contributed by atoms with Gasteiger partial charge in [-0.2, -0.15) is 0 Å². The number of carbonyl (C=O) groups excluding carboxylic acids is 2. The summed E-state index contributed by atoms with van der Waals surface area (Å²) in [4.78, 5) is 27.0. The molecule has 5 heteroatoms. The van der Waals surface area contributed by atoms with Gasteiger partial charge in [-0.1, -0.05) is 30.3 Å². The highest BCUT2D eigenvalue weighted by Crippen LogP contribution is 2.23. The fourth-order valence-electron chi connectivity index (χ4n) is 2.63. The van der Waals surface area contributed by atoms with Crippen LogP contribution in [0.4, 0.5) is 5.69 Å². The second-order valence-electron chi connectivity index (χ2n) is 5.86. The number of benzene rings is 2. The first kappa shape index (κ1) is 17.9. The summed E-state index contributed by atoms with van der Waals surface area (Å²) in [7, 11) is 0. The molecule has 0 saturated carbocycles. The fraction of sp³-hybridized carbons (Fsp3) is 0.143. The maximum Gasteiger partial charge on any atom is 0.259 e. The van der Waals surface area contributed by atoms with Gasteiger partial charge >= 0.3 is 0 Å². The fourth-order valence-corrected chi connectivity index (χ4v) is 3.57. The highest BCUT2D eigenvalue weighted by molar-refractivity contribution is 7.12. The zero-order chi connectivity index (χ0) is 18.5. The predicted octanol–water partition coefficient (Wildman–Crippen LogP) is 4.88. The van der Waals surface area contributed by atoms with Crippen molar-refractivity contribution in [1.82, 2.24) is 0 Å². The maximum absolute atomic E-state index is 12.5. The van der Waals surface area contributed by atoms with Gasteiger partial charge in [0, 0.05) is 21.0 Å². The number of ketones is 1. The molecule has 0 spiro atoms. The molecular weight excluding hydrogens is 346 g/mol. The van der Waals surface area contributed by atoms with Crippen LogP contribution in [-0.2, 0) is 0 Å². The van der Waals surface area contributed by atoms with Crippen molar-refractivity contribution in [1.29, 1.82) is 0 Å². The van der Waals surface area contributed by atoms with E-state index in [1.165, 1.54) is 0 Å². The van der Waals surface area contributed by atoms with E-state index in [2.05, 4.69) is 5.32 Å². The third-order valence-electron chi connectivity index (χ3n) is 3.86. The van der Waals surface area contributed by atoms with Gasteiger partial charge in [-0.05, 0) is 44.2 Å². The number of thiophene rings is 1. The lowest BCUT2D eigenvalue weighted by atomic mass is 10.1. The van der Waals surface area contributed by atoms with Gasteiger partial charge in [0.15, 0.2) is 6.61 Å². The number of hydrogen-bond acceptors (Lipinski definition) is 4. The molecule has 0 aliphatic rings. The molecule has 1 aromatic heterocycles. The highest BCUT2D eigenvalue weighted by Gasteiger charge is 2.16. The van der Waals surface area contributed by atoms with Crippen molar-refractivity contribution in [2.24, 2.45) is 0 Å². The van der Waals surface area contributed by atoms with Crippen molar-refractivity contribution in [2.45, 2.75) is 13.8 Å². The topological polar surface area (TPSA) is 55.4 Å². The van der Waals surface area contributed by atoms with E-state index in [1.807, 2.05) is 50.2 Å². The normalized spacial score (nSPS) is 10.4. The lowest BCUT2D eigenvalue weighted by Crippen LogP contribution is -2.16. The van der Waals surface area contributed by atoms with Crippen molar-refractivity contribution in [3.05, 3.63) is 81.5 Å². The molecule has 26 heavy (non-hydrogen) atoms. The molecule has 0 bridgehead atoms. The number of aryl methyl sites for hydroxylation is 2. The van der Waals surface area contributed by atoms with Gasteiger partial charge in [-0.25, -0.2) is 0 Å². The van der Waals surface area contributed by atoms with Crippen LogP contribution in [0.1, 0.15) is 30.5 Å². The molecule has 0 aliphatic carbocycles.